The molecule has 0 aliphatic heterocycles. The van der Waals surface area contributed by atoms with Crippen molar-refractivity contribution in [2.24, 2.45) is 0 Å². The molecule has 0 fully saturated rings. The van der Waals surface area contributed by atoms with Crippen molar-refractivity contribution >= 4 is 21.9 Å². The van der Waals surface area contributed by atoms with E-state index in [0.717, 1.165) is 37.2 Å². The van der Waals surface area contributed by atoms with E-state index in [1.165, 1.54) is 25.7 Å². The average Bonchev–Trinajstić information content (AvgIpc) is 2.83. The number of ether oxygens (including phenoxy) is 1. The van der Waals surface area contributed by atoms with Crippen LogP contribution in [0.25, 0.3) is 21.9 Å². The fraction of sp³-hybridized carbons (Fsp3) is 0.345. The molecule has 0 saturated carbocycles. The third-order valence-corrected chi connectivity index (χ3v) is 6.12. The molecular weight excluding hydrogens is 426 g/mol. The molecule has 178 valence electrons. The van der Waals surface area contributed by atoms with Gasteiger partial charge >= 0.3 is 0 Å². The second kappa shape index (κ2) is 11.7. The maximum absolute atomic E-state index is 12.6. The maximum atomic E-state index is 12.6. The largest absolute Gasteiger partial charge is 0.508 e. The summed E-state index contributed by atoms with van der Waals surface area (Å²) in [6.07, 6.45) is 7.00. The molecule has 0 radical (unpaired) electrons. The Labute approximate surface area is 200 Å². The Morgan fingerprint density at radius 1 is 0.824 bits per heavy atom. The Morgan fingerprint density at radius 3 is 2.44 bits per heavy atom. The minimum Gasteiger partial charge on any atom is -0.508 e. The molecule has 3 aromatic carbocycles. The molecule has 0 atom stereocenters. The van der Waals surface area contributed by atoms with Crippen LogP contribution in [-0.2, 0) is 6.54 Å². The van der Waals surface area contributed by atoms with Crippen molar-refractivity contribution in [1.29, 1.82) is 0 Å². The number of hydrogen-bond donors (Lipinski definition) is 1. The first-order chi connectivity index (χ1) is 16.6. The van der Waals surface area contributed by atoms with Crippen molar-refractivity contribution in [3.63, 3.8) is 0 Å². The number of fused-ring (bicyclic) bond motifs is 2. The number of phenols is 1. The molecular formula is C29H33NO4. The van der Waals surface area contributed by atoms with Gasteiger partial charge in [-0.15, -0.1) is 0 Å². The Balaban J connectivity index is 1.11. The summed E-state index contributed by atoms with van der Waals surface area (Å²) in [5.41, 5.74) is 2.30. The summed E-state index contributed by atoms with van der Waals surface area (Å²) in [5.74, 6) is 1.07. The van der Waals surface area contributed by atoms with E-state index in [0.29, 0.717) is 34.3 Å². The van der Waals surface area contributed by atoms with Crippen molar-refractivity contribution < 1.29 is 14.3 Å². The van der Waals surface area contributed by atoms with E-state index in [1.807, 2.05) is 48.5 Å². The molecule has 0 saturated heterocycles. The Hall–Kier alpha value is -3.31. The van der Waals surface area contributed by atoms with Gasteiger partial charge in [0.2, 0.25) is 5.43 Å². The summed E-state index contributed by atoms with van der Waals surface area (Å²) in [4.78, 5) is 14.9. The van der Waals surface area contributed by atoms with Gasteiger partial charge in [0.05, 0.1) is 17.4 Å². The lowest BCUT2D eigenvalue weighted by molar-refractivity contribution is 0.301. The number of phenolic OH excluding ortho intramolecular Hbond substituents is 1. The monoisotopic (exact) mass is 459 g/mol. The molecule has 5 heteroatoms. The van der Waals surface area contributed by atoms with E-state index in [1.54, 1.807) is 18.2 Å². The van der Waals surface area contributed by atoms with Crippen molar-refractivity contribution in [1.82, 2.24) is 4.90 Å². The molecule has 0 spiro atoms. The van der Waals surface area contributed by atoms with Gasteiger partial charge in [-0.25, -0.2) is 0 Å². The van der Waals surface area contributed by atoms with Gasteiger partial charge in [-0.05, 0) is 68.4 Å². The SMILES string of the molecule is CN(CCCCCCCCOc1ccc2c(=O)c3ccccc3oc2c1)Cc1cccc(O)c1. The third-order valence-electron chi connectivity index (χ3n) is 6.12. The molecule has 4 aromatic rings. The summed E-state index contributed by atoms with van der Waals surface area (Å²) in [6.45, 7) is 2.59. The van der Waals surface area contributed by atoms with Crippen molar-refractivity contribution in [3.8, 4) is 11.5 Å². The van der Waals surface area contributed by atoms with Crippen LogP contribution in [0.1, 0.15) is 44.1 Å². The van der Waals surface area contributed by atoms with Gasteiger partial charge in [-0.1, -0.05) is 49.9 Å². The van der Waals surface area contributed by atoms with Crippen LogP contribution in [0.5, 0.6) is 11.5 Å². The third kappa shape index (κ3) is 6.39. The molecule has 0 amide bonds. The van der Waals surface area contributed by atoms with Crippen LogP contribution in [0.2, 0.25) is 0 Å². The Morgan fingerprint density at radius 2 is 1.59 bits per heavy atom. The number of aromatic hydroxyl groups is 1. The lowest BCUT2D eigenvalue weighted by Crippen LogP contribution is -2.18. The zero-order valence-electron chi connectivity index (χ0n) is 19.8. The van der Waals surface area contributed by atoms with Crippen LogP contribution < -0.4 is 10.2 Å². The van der Waals surface area contributed by atoms with Crippen molar-refractivity contribution in [2.45, 2.75) is 45.1 Å². The van der Waals surface area contributed by atoms with Crippen LogP contribution in [0.3, 0.4) is 0 Å². The maximum Gasteiger partial charge on any atom is 0.200 e. The standard InChI is InChI=1S/C29H33NO4/c1-30(21-22-11-10-12-23(31)19-22)17-8-4-2-3-5-9-18-33-24-15-16-26-28(20-24)34-27-14-7-6-13-25(27)29(26)32/h6-7,10-16,19-20,31H,2-5,8-9,17-18,21H2,1H3. The topological polar surface area (TPSA) is 62.9 Å². The molecule has 4 rings (SSSR count). The number of rotatable bonds is 12. The molecule has 0 unspecified atom stereocenters. The summed E-state index contributed by atoms with van der Waals surface area (Å²) >= 11 is 0. The lowest BCUT2D eigenvalue weighted by atomic mass is 10.1. The molecule has 1 heterocycles. The number of nitrogens with zero attached hydrogens (tertiary/aromatic N) is 1. The number of hydrogen-bond acceptors (Lipinski definition) is 5. The summed E-state index contributed by atoms with van der Waals surface area (Å²) in [6, 6.07) is 20.3. The number of para-hydroxylation sites is 1. The van der Waals surface area contributed by atoms with E-state index in [4.69, 9.17) is 9.15 Å². The Bertz CT molecular complexity index is 1280. The smallest absolute Gasteiger partial charge is 0.200 e. The first-order valence-electron chi connectivity index (χ1n) is 12.1. The molecule has 34 heavy (non-hydrogen) atoms. The summed E-state index contributed by atoms with van der Waals surface area (Å²) < 4.78 is 11.8. The highest BCUT2D eigenvalue weighted by atomic mass is 16.5. The normalized spacial score (nSPS) is 11.5. The highest BCUT2D eigenvalue weighted by Gasteiger charge is 2.08. The van der Waals surface area contributed by atoms with E-state index in [2.05, 4.69) is 11.9 Å². The zero-order chi connectivity index (χ0) is 23.8. The van der Waals surface area contributed by atoms with Crippen LogP contribution in [0.15, 0.2) is 75.9 Å². The van der Waals surface area contributed by atoms with E-state index in [9.17, 15) is 9.90 Å². The van der Waals surface area contributed by atoms with Crippen LogP contribution >= 0.6 is 0 Å². The molecule has 1 N–H and O–H groups in total. The van der Waals surface area contributed by atoms with Gasteiger partial charge in [-0.3, -0.25) is 4.79 Å². The lowest BCUT2D eigenvalue weighted by Gasteiger charge is -2.16. The van der Waals surface area contributed by atoms with Crippen LogP contribution in [-0.4, -0.2) is 30.2 Å². The fourth-order valence-electron chi connectivity index (χ4n) is 4.30. The minimum absolute atomic E-state index is 0.00560. The quantitative estimate of drug-likeness (QED) is 0.193. The summed E-state index contributed by atoms with van der Waals surface area (Å²) in [7, 11) is 2.13. The molecule has 5 nitrogen and oxygen atoms in total. The van der Waals surface area contributed by atoms with Gasteiger partial charge in [0.25, 0.3) is 0 Å². The fourth-order valence-corrected chi connectivity index (χ4v) is 4.30. The highest BCUT2D eigenvalue weighted by Crippen LogP contribution is 2.23. The van der Waals surface area contributed by atoms with Gasteiger partial charge < -0.3 is 19.2 Å². The van der Waals surface area contributed by atoms with Gasteiger partial charge in [0.15, 0.2) is 0 Å². The molecule has 0 aliphatic rings. The molecule has 0 bridgehead atoms. The van der Waals surface area contributed by atoms with Crippen molar-refractivity contribution in [2.75, 3.05) is 20.2 Å². The van der Waals surface area contributed by atoms with E-state index >= 15 is 0 Å². The first kappa shape index (κ1) is 23.8. The minimum atomic E-state index is -0.00560. The van der Waals surface area contributed by atoms with E-state index in [-0.39, 0.29) is 5.43 Å². The first-order valence-corrected chi connectivity index (χ1v) is 12.1. The Kier molecular flexibility index (Phi) is 8.21. The number of unbranched alkanes of at least 4 members (excludes halogenated alkanes) is 5. The average molecular weight is 460 g/mol. The highest BCUT2D eigenvalue weighted by molar-refractivity contribution is 5.90. The second-order valence-electron chi connectivity index (χ2n) is 8.96. The van der Waals surface area contributed by atoms with E-state index < -0.39 is 0 Å². The predicted molar refractivity (Wildman–Crippen MR) is 138 cm³/mol. The zero-order valence-corrected chi connectivity index (χ0v) is 19.8. The van der Waals surface area contributed by atoms with Crippen LogP contribution in [0, 0.1) is 0 Å². The summed E-state index contributed by atoms with van der Waals surface area (Å²) in [5, 5.41) is 10.8. The van der Waals surface area contributed by atoms with Gasteiger partial charge in [-0.2, -0.15) is 0 Å². The van der Waals surface area contributed by atoms with Gasteiger partial charge in [0.1, 0.15) is 22.7 Å². The predicted octanol–water partition coefficient (Wildman–Crippen LogP) is 6.50. The van der Waals surface area contributed by atoms with Crippen molar-refractivity contribution in [3.05, 3.63) is 82.5 Å². The van der Waals surface area contributed by atoms with Crippen LogP contribution in [0.4, 0.5) is 0 Å². The molecule has 0 aliphatic carbocycles. The number of benzene rings is 3. The van der Waals surface area contributed by atoms with Gasteiger partial charge in [0, 0.05) is 12.6 Å². The molecule has 1 aromatic heterocycles. The second-order valence-corrected chi connectivity index (χ2v) is 8.96.